The normalized spacial score (nSPS) is 11.2. The highest BCUT2D eigenvalue weighted by molar-refractivity contribution is 6.07. The van der Waals surface area contributed by atoms with Crippen LogP contribution in [0.5, 0.6) is 11.5 Å². The van der Waals surface area contributed by atoms with E-state index in [4.69, 9.17) is 0 Å². The molecule has 186 valence electrons. The Morgan fingerprint density at radius 3 is 1.56 bits per heavy atom. The van der Waals surface area contributed by atoms with Gasteiger partial charge in [-0.05, 0) is 26.0 Å². The van der Waals surface area contributed by atoms with E-state index >= 15 is 0 Å². The van der Waals surface area contributed by atoms with Gasteiger partial charge in [0.2, 0.25) is 0 Å². The summed E-state index contributed by atoms with van der Waals surface area (Å²) in [6, 6.07) is 5.95. The molecule has 3 aromatic rings. The number of aryl methyl sites for hydroxylation is 2. The minimum absolute atomic E-state index is 0.00138. The zero-order valence-electron chi connectivity index (χ0n) is 19.4. The van der Waals surface area contributed by atoms with E-state index in [2.05, 4.69) is 31.0 Å². The van der Waals surface area contributed by atoms with Gasteiger partial charge in [0, 0.05) is 34.6 Å². The van der Waals surface area contributed by atoms with Crippen LogP contribution in [0.25, 0.3) is 0 Å². The fourth-order valence-corrected chi connectivity index (χ4v) is 3.16. The van der Waals surface area contributed by atoms with E-state index < -0.39 is 25.0 Å². The van der Waals surface area contributed by atoms with Crippen LogP contribution in [0.3, 0.4) is 0 Å². The van der Waals surface area contributed by atoms with Gasteiger partial charge in [-0.2, -0.15) is 10.2 Å². The van der Waals surface area contributed by atoms with Gasteiger partial charge in [0.05, 0.1) is 48.2 Å². The molecule has 6 N–H and O–H groups in total. The maximum atomic E-state index is 12.7. The monoisotopic (exact) mass is 492 g/mol. The molecule has 0 spiro atoms. The van der Waals surface area contributed by atoms with Crippen LogP contribution in [-0.2, 0) is 13.2 Å². The third-order valence-electron chi connectivity index (χ3n) is 5.19. The van der Waals surface area contributed by atoms with Crippen LogP contribution in [-0.4, -0.2) is 54.6 Å². The molecule has 36 heavy (non-hydrogen) atoms. The van der Waals surface area contributed by atoms with Crippen molar-refractivity contribution in [2.45, 2.75) is 27.1 Å². The molecule has 12 nitrogen and oxygen atoms in total. The molecular weight excluding hydrogens is 468 g/mol. The molecule has 3 rings (SSSR count). The highest BCUT2D eigenvalue weighted by Crippen LogP contribution is 2.23. The minimum Gasteiger partial charge on any atom is -0.505 e. The van der Waals surface area contributed by atoms with Crippen LogP contribution in [0.1, 0.15) is 54.4 Å². The number of hydrogen-bond donors (Lipinski definition) is 6. The Morgan fingerprint density at radius 2 is 1.19 bits per heavy atom. The third-order valence-corrected chi connectivity index (χ3v) is 5.19. The lowest BCUT2D eigenvalue weighted by Gasteiger charge is -2.09. The predicted molar refractivity (Wildman–Crippen MR) is 130 cm³/mol. The first-order valence-electron chi connectivity index (χ1n) is 10.6. The molecule has 0 aliphatic rings. The highest BCUT2D eigenvalue weighted by atomic mass is 16.3. The highest BCUT2D eigenvalue weighted by Gasteiger charge is 2.17. The lowest BCUT2D eigenvalue weighted by molar-refractivity contribution is 0.0921. The quantitative estimate of drug-likeness (QED) is 0.198. The molecule has 0 fully saturated rings. The van der Waals surface area contributed by atoms with Crippen LogP contribution in [0, 0.1) is 13.8 Å². The number of aromatic hydroxyl groups is 2. The summed E-state index contributed by atoms with van der Waals surface area (Å²) >= 11 is 0. The second kappa shape index (κ2) is 11.6. The van der Waals surface area contributed by atoms with Gasteiger partial charge in [0.1, 0.15) is 11.5 Å². The second-order valence-corrected chi connectivity index (χ2v) is 7.52. The summed E-state index contributed by atoms with van der Waals surface area (Å²) in [5.41, 5.74) is 6.23. The molecule has 0 aliphatic heterocycles. The first kappa shape index (κ1) is 25.9. The molecule has 1 aromatic carbocycles. The summed E-state index contributed by atoms with van der Waals surface area (Å²) in [5.74, 6) is -1.78. The summed E-state index contributed by atoms with van der Waals surface area (Å²) in [6.45, 7) is 2.36. The summed E-state index contributed by atoms with van der Waals surface area (Å²) in [6.07, 6.45) is 5.11. The Hall–Kier alpha value is -4.68. The van der Waals surface area contributed by atoms with Gasteiger partial charge >= 0.3 is 0 Å². The fourth-order valence-electron chi connectivity index (χ4n) is 3.16. The molecule has 2 amide bonds. The molecule has 12 heteroatoms. The van der Waals surface area contributed by atoms with Crippen LogP contribution in [0.4, 0.5) is 0 Å². The van der Waals surface area contributed by atoms with Gasteiger partial charge in [0.25, 0.3) is 11.8 Å². The molecule has 2 heterocycles. The van der Waals surface area contributed by atoms with Crippen molar-refractivity contribution < 1.29 is 30.0 Å². The average molecular weight is 492 g/mol. The lowest BCUT2D eigenvalue weighted by atomic mass is 10.1. The zero-order valence-corrected chi connectivity index (χ0v) is 19.4. The molecule has 0 unspecified atom stereocenters. The number of nitrogens with zero attached hydrogens (tertiary/aromatic N) is 4. The number of aromatic nitrogens is 2. The summed E-state index contributed by atoms with van der Waals surface area (Å²) in [7, 11) is 0. The van der Waals surface area contributed by atoms with Crippen LogP contribution in [0.2, 0.25) is 0 Å². The zero-order chi connectivity index (χ0) is 26.2. The fraction of sp³-hybridized carbons (Fsp3) is 0.167. The number of hydrazone groups is 2. The van der Waals surface area contributed by atoms with E-state index in [1.807, 2.05) is 0 Å². The van der Waals surface area contributed by atoms with Crippen LogP contribution >= 0.6 is 0 Å². The topological polar surface area (TPSA) is 190 Å². The number of amides is 2. The molecule has 0 aliphatic carbocycles. The van der Waals surface area contributed by atoms with E-state index in [9.17, 15) is 30.0 Å². The second-order valence-electron chi connectivity index (χ2n) is 7.52. The van der Waals surface area contributed by atoms with E-state index in [1.165, 1.54) is 37.0 Å². The van der Waals surface area contributed by atoms with Crippen molar-refractivity contribution in [2.24, 2.45) is 10.2 Å². The minimum atomic E-state index is -0.707. The number of carbonyl (C=O) groups excluding carboxylic acids is 2. The summed E-state index contributed by atoms with van der Waals surface area (Å²) in [5, 5.41) is 46.8. The predicted octanol–water partition coefficient (Wildman–Crippen LogP) is 1.02. The largest absolute Gasteiger partial charge is 0.505 e. The smallest absolute Gasteiger partial charge is 0.272 e. The van der Waals surface area contributed by atoms with Crippen molar-refractivity contribution in [1.82, 2.24) is 20.8 Å². The number of aliphatic hydroxyl groups is 2. The number of benzene rings is 1. The van der Waals surface area contributed by atoms with Gasteiger partial charge in [-0.1, -0.05) is 12.1 Å². The van der Waals surface area contributed by atoms with E-state index in [0.29, 0.717) is 22.5 Å². The summed E-state index contributed by atoms with van der Waals surface area (Å²) in [4.78, 5) is 33.3. The van der Waals surface area contributed by atoms with Crippen molar-refractivity contribution in [3.8, 4) is 11.5 Å². The lowest BCUT2D eigenvalue weighted by Crippen LogP contribution is -2.25. The van der Waals surface area contributed by atoms with Gasteiger partial charge < -0.3 is 20.4 Å². The molecule has 0 radical (unpaired) electrons. The molecule has 0 saturated carbocycles. The van der Waals surface area contributed by atoms with E-state index in [0.717, 1.165) is 0 Å². The van der Waals surface area contributed by atoms with E-state index in [1.54, 1.807) is 26.0 Å². The Morgan fingerprint density at radius 1 is 0.806 bits per heavy atom. The summed E-state index contributed by atoms with van der Waals surface area (Å²) < 4.78 is 0. The maximum Gasteiger partial charge on any atom is 0.272 e. The van der Waals surface area contributed by atoms with Gasteiger partial charge in [0.15, 0.2) is 0 Å². The number of hydrogen-bond acceptors (Lipinski definition) is 10. The van der Waals surface area contributed by atoms with Crippen molar-refractivity contribution in [1.29, 1.82) is 0 Å². The third kappa shape index (κ3) is 5.68. The average Bonchev–Trinajstić information content (AvgIpc) is 2.89. The SMILES string of the molecule is Cc1ncc(CO)c(/C=N/NC(=O)c2ccccc2C(=O)N/N=C/c2c(CO)cnc(C)c2O)c1O. The number of pyridine rings is 2. The number of rotatable bonds is 8. The van der Waals surface area contributed by atoms with Crippen molar-refractivity contribution in [3.63, 3.8) is 0 Å². The van der Waals surface area contributed by atoms with Crippen LogP contribution in [0.15, 0.2) is 46.9 Å². The van der Waals surface area contributed by atoms with Crippen molar-refractivity contribution >= 4 is 24.2 Å². The Bertz CT molecular complexity index is 1250. The molecule has 0 bridgehead atoms. The Labute approximate surface area is 205 Å². The van der Waals surface area contributed by atoms with E-state index in [-0.39, 0.29) is 33.8 Å². The number of nitrogens with one attached hydrogen (secondary N) is 2. The van der Waals surface area contributed by atoms with Gasteiger partial charge in [-0.3, -0.25) is 19.6 Å². The number of aliphatic hydroxyl groups excluding tert-OH is 2. The molecule has 2 aromatic heterocycles. The first-order valence-corrected chi connectivity index (χ1v) is 10.6. The molecular formula is C24H24N6O6. The van der Waals surface area contributed by atoms with Crippen molar-refractivity contribution in [2.75, 3.05) is 0 Å². The molecule has 0 atom stereocenters. The Kier molecular flexibility index (Phi) is 8.39. The maximum absolute atomic E-state index is 12.7. The Balaban J connectivity index is 1.76. The molecule has 0 saturated heterocycles. The first-order chi connectivity index (χ1) is 17.3. The van der Waals surface area contributed by atoms with Gasteiger partial charge in [-0.15, -0.1) is 0 Å². The number of carbonyl (C=O) groups is 2. The van der Waals surface area contributed by atoms with Gasteiger partial charge in [-0.25, -0.2) is 10.9 Å². The van der Waals surface area contributed by atoms with Crippen LogP contribution < -0.4 is 10.9 Å². The standard InChI is InChI=1S/C24H24N6O6/c1-13-21(33)19(15(11-31)7-25-13)9-27-29-23(35)17-5-3-4-6-18(17)24(36)30-28-10-20-16(12-32)8-26-14(2)22(20)34/h3-10,31-34H,11-12H2,1-2H3,(H,29,35)(H,30,36)/b27-9+,28-10+. The van der Waals surface area contributed by atoms with Crippen molar-refractivity contribution in [3.05, 3.63) is 81.4 Å².